The molecule has 1 aromatic carbocycles. The lowest BCUT2D eigenvalue weighted by molar-refractivity contribution is 0.131. The number of carbonyl (C=O) groups excluding carboxylic acids is 1. The van der Waals surface area contributed by atoms with Gasteiger partial charge in [0.1, 0.15) is 0 Å². The summed E-state index contributed by atoms with van der Waals surface area (Å²) in [7, 11) is 0. The zero-order valence-electron chi connectivity index (χ0n) is 9.35. The van der Waals surface area contributed by atoms with Crippen molar-refractivity contribution in [2.45, 2.75) is 25.9 Å². The van der Waals surface area contributed by atoms with Gasteiger partial charge in [0.05, 0.1) is 6.61 Å². The van der Waals surface area contributed by atoms with Crippen LogP contribution in [0.3, 0.4) is 0 Å². The molecule has 16 heavy (non-hydrogen) atoms. The monoisotopic (exact) mass is 220 g/mol. The van der Waals surface area contributed by atoms with E-state index in [2.05, 4.69) is 0 Å². The van der Waals surface area contributed by atoms with E-state index in [-0.39, 0.29) is 12.1 Å². The van der Waals surface area contributed by atoms with Gasteiger partial charge in [0, 0.05) is 24.7 Å². The van der Waals surface area contributed by atoms with Crippen LogP contribution in [0, 0.1) is 0 Å². The molecule has 1 aliphatic rings. The maximum Gasteiger partial charge on any atom is 0.414 e. The van der Waals surface area contributed by atoms with Crippen LogP contribution in [0.4, 0.5) is 10.5 Å². The highest BCUT2D eigenvalue weighted by molar-refractivity contribution is 5.89. The Morgan fingerprint density at radius 3 is 3.06 bits per heavy atom. The second-order valence-electron chi connectivity index (χ2n) is 4.00. The van der Waals surface area contributed by atoms with Crippen LogP contribution in [0.1, 0.15) is 18.9 Å². The zero-order chi connectivity index (χ0) is 11.5. The first-order valence-electron chi connectivity index (χ1n) is 5.47. The van der Waals surface area contributed by atoms with Crippen molar-refractivity contribution in [3.05, 3.63) is 29.8 Å². The number of cyclic esters (lactones) is 1. The topological polar surface area (TPSA) is 55.6 Å². The molecule has 1 saturated heterocycles. The van der Waals surface area contributed by atoms with E-state index in [1.165, 1.54) is 0 Å². The van der Waals surface area contributed by atoms with Crippen molar-refractivity contribution in [1.82, 2.24) is 0 Å². The van der Waals surface area contributed by atoms with Crippen LogP contribution in [0.15, 0.2) is 24.3 Å². The summed E-state index contributed by atoms with van der Waals surface area (Å²) in [5.74, 6) is 0. The Morgan fingerprint density at radius 1 is 1.56 bits per heavy atom. The van der Waals surface area contributed by atoms with Crippen LogP contribution in [-0.4, -0.2) is 18.7 Å². The Kier molecular flexibility index (Phi) is 3.10. The van der Waals surface area contributed by atoms with E-state index in [1.807, 2.05) is 31.2 Å². The molecule has 4 heteroatoms. The predicted octanol–water partition coefficient (Wildman–Crippen LogP) is 1.88. The first-order valence-corrected chi connectivity index (χ1v) is 5.47. The van der Waals surface area contributed by atoms with Crippen molar-refractivity contribution < 1.29 is 9.53 Å². The number of anilines is 1. The van der Waals surface area contributed by atoms with Gasteiger partial charge in [-0.25, -0.2) is 4.79 Å². The van der Waals surface area contributed by atoms with Crippen LogP contribution in [0.25, 0.3) is 0 Å². The molecule has 0 aliphatic carbocycles. The normalized spacial score (nSPS) is 20.8. The van der Waals surface area contributed by atoms with Gasteiger partial charge >= 0.3 is 6.09 Å². The van der Waals surface area contributed by atoms with Crippen LogP contribution < -0.4 is 10.6 Å². The number of amides is 1. The van der Waals surface area contributed by atoms with Gasteiger partial charge in [0.25, 0.3) is 0 Å². The van der Waals surface area contributed by atoms with Gasteiger partial charge in [-0.2, -0.15) is 0 Å². The number of hydrogen-bond acceptors (Lipinski definition) is 3. The summed E-state index contributed by atoms with van der Waals surface area (Å²) in [6.07, 6.45) is 0.589. The third-order valence-electron chi connectivity index (χ3n) is 2.82. The molecule has 0 spiro atoms. The van der Waals surface area contributed by atoms with Crippen molar-refractivity contribution >= 4 is 11.8 Å². The summed E-state index contributed by atoms with van der Waals surface area (Å²) in [4.78, 5) is 13.4. The maximum absolute atomic E-state index is 11.7. The molecule has 86 valence electrons. The molecule has 0 radical (unpaired) electrons. The molecule has 1 aliphatic heterocycles. The molecule has 0 aromatic heterocycles. The molecule has 2 N–H and O–H groups in total. The predicted molar refractivity (Wildman–Crippen MR) is 62.2 cm³/mol. The number of nitrogens with zero attached hydrogens (tertiary/aromatic N) is 1. The molecule has 1 aromatic rings. The first kappa shape index (κ1) is 11.0. The van der Waals surface area contributed by atoms with E-state index in [0.717, 1.165) is 17.7 Å². The molecule has 1 heterocycles. The van der Waals surface area contributed by atoms with Crippen molar-refractivity contribution in [2.75, 3.05) is 11.5 Å². The lowest BCUT2D eigenvalue weighted by Gasteiger charge is -2.32. The van der Waals surface area contributed by atoms with Crippen LogP contribution in [-0.2, 0) is 11.3 Å². The van der Waals surface area contributed by atoms with Crippen LogP contribution in [0.2, 0.25) is 0 Å². The standard InChI is InChI=1S/C12H16N2O2/c1-9-5-6-16-12(15)14(9)11-4-2-3-10(7-11)8-13/h2-4,7,9H,5-6,8,13H2,1H3. The molecule has 1 atom stereocenters. The minimum absolute atomic E-state index is 0.175. The van der Waals surface area contributed by atoms with E-state index in [0.29, 0.717) is 13.2 Å². The molecule has 2 rings (SSSR count). The third kappa shape index (κ3) is 2.02. The number of carbonyl (C=O) groups is 1. The average Bonchev–Trinajstić information content (AvgIpc) is 2.29. The Bertz CT molecular complexity index is 392. The molecular weight excluding hydrogens is 204 g/mol. The summed E-state index contributed by atoms with van der Waals surface area (Å²) in [6, 6.07) is 7.87. The van der Waals surface area contributed by atoms with E-state index in [9.17, 15) is 4.79 Å². The Labute approximate surface area is 95.0 Å². The lowest BCUT2D eigenvalue weighted by Crippen LogP contribution is -2.44. The SMILES string of the molecule is CC1CCOC(=O)N1c1cccc(CN)c1. The number of ether oxygens (including phenoxy) is 1. The van der Waals surface area contributed by atoms with Gasteiger partial charge in [-0.05, 0) is 24.6 Å². The van der Waals surface area contributed by atoms with Gasteiger partial charge in [-0.1, -0.05) is 12.1 Å². The number of nitrogens with two attached hydrogens (primary N) is 1. The van der Waals surface area contributed by atoms with E-state index in [4.69, 9.17) is 10.5 Å². The average molecular weight is 220 g/mol. The summed E-state index contributed by atoms with van der Waals surface area (Å²) < 4.78 is 5.04. The molecule has 1 fully saturated rings. The molecule has 0 bridgehead atoms. The Morgan fingerprint density at radius 2 is 2.38 bits per heavy atom. The lowest BCUT2D eigenvalue weighted by atomic mass is 10.1. The fraction of sp³-hybridized carbons (Fsp3) is 0.417. The second-order valence-corrected chi connectivity index (χ2v) is 4.00. The highest BCUT2D eigenvalue weighted by Crippen LogP contribution is 2.23. The highest BCUT2D eigenvalue weighted by atomic mass is 16.6. The molecule has 4 nitrogen and oxygen atoms in total. The minimum Gasteiger partial charge on any atom is -0.449 e. The fourth-order valence-electron chi connectivity index (χ4n) is 1.89. The quantitative estimate of drug-likeness (QED) is 0.828. The van der Waals surface area contributed by atoms with Crippen molar-refractivity contribution in [3.8, 4) is 0 Å². The van der Waals surface area contributed by atoms with Crippen molar-refractivity contribution in [3.63, 3.8) is 0 Å². The second kappa shape index (κ2) is 4.53. The van der Waals surface area contributed by atoms with Crippen molar-refractivity contribution in [1.29, 1.82) is 0 Å². The van der Waals surface area contributed by atoms with Gasteiger partial charge in [0.2, 0.25) is 0 Å². The van der Waals surface area contributed by atoms with Gasteiger partial charge in [-0.15, -0.1) is 0 Å². The van der Waals surface area contributed by atoms with Crippen molar-refractivity contribution in [2.24, 2.45) is 5.73 Å². The smallest absolute Gasteiger partial charge is 0.414 e. The summed E-state index contributed by atoms with van der Waals surface area (Å²) in [6.45, 7) is 3.01. The Balaban J connectivity index is 2.30. The molecule has 1 unspecified atom stereocenters. The number of rotatable bonds is 2. The third-order valence-corrected chi connectivity index (χ3v) is 2.82. The first-order chi connectivity index (χ1) is 7.72. The summed E-state index contributed by atoms with van der Waals surface area (Å²) in [5.41, 5.74) is 7.46. The highest BCUT2D eigenvalue weighted by Gasteiger charge is 2.27. The fourth-order valence-corrected chi connectivity index (χ4v) is 1.89. The zero-order valence-corrected chi connectivity index (χ0v) is 9.35. The summed E-state index contributed by atoms with van der Waals surface area (Å²) >= 11 is 0. The number of benzene rings is 1. The van der Waals surface area contributed by atoms with E-state index >= 15 is 0 Å². The maximum atomic E-state index is 11.7. The number of hydrogen-bond donors (Lipinski definition) is 1. The van der Waals surface area contributed by atoms with Gasteiger partial charge in [0.15, 0.2) is 0 Å². The minimum atomic E-state index is -0.270. The van der Waals surface area contributed by atoms with E-state index < -0.39 is 0 Å². The van der Waals surface area contributed by atoms with Crippen LogP contribution in [0.5, 0.6) is 0 Å². The largest absolute Gasteiger partial charge is 0.449 e. The van der Waals surface area contributed by atoms with E-state index in [1.54, 1.807) is 4.90 Å². The molecular formula is C12H16N2O2. The Hall–Kier alpha value is -1.55. The summed E-state index contributed by atoms with van der Waals surface area (Å²) in [5, 5.41) is 0. The molecule has 0 saturated carbocycles. The van der Waals surface area contributed by atoms with Crippen LogP contribution >= 0.6 is 0 Å². The van der Waals surface area contributed by atoms with Gasteiger partial charge < -0.3 is 10.5 Å². The molecule has 1 amide bonds. The van der Waals surface area contributed by atoms with Gasteiger partial charge in [-0.3, -0.25) is 4.90 Å².